The Balaban J connectivity index is 2.30. The molecule has 0 saturated carbocycles. The number of hydrogen-bond donors (Lipinski definition) is 2. The van der Waals surface area contributed by atoms with E-state index in [9.17, 15) is 0 Å². The van der Waals surface area contributed by atoms with Crippen molar-refractivity contribution in [2.75, 3.05) is 11.9 Å². The second kappa shape index (κ2) is 3.75. The molecule has 0 saturated heterocycles. The molecule has 2 heterocycles. The van der Waals surface area contributed by atoms with Crippen LogP contribution in [0, 0.1) is 6.92 Å². The molecule has 2 rings (SSSR count). The zero-order valence-electron chi connectivity index (χ0n) is 9.86. The van der Waals surface area contributed by atoms with Crippen molar-refractivity contribution in [3.05, 3.63) is 24.2 Å². The van der Waals surface area contributed by atoms with Crippen LogP contribution in [0.15, 0.2) is 18.5 Å². The molecule has 2 aromatic heterocycles. The van der Waals surface area contributed by atoms with E-state index in [0.717, 1.165) is 17.0 Å². The van der Waals surface area contributed by atoms with Crippen molar-refractivity contribution < 1.29 is 0 Å². The molecule has 0 spiro atoms. The number of nitrogens with one attached hydrogen (secondary N) is 1. The fourth-order valence-electron chi connectivity index (χ4n) is 1.49. The maximum absolute atomic E-state index is 5.92. The highest BCUT2D eigenvalue weighted by molar-refractivity contribution is 5.67. The molecule has 16 heavy (non-hydrogen) atoms. The largest absolute Gasteiger partial charge is 0.366 e. The number of nitrogens with zero attached hydrogens (tertiary/aromatic N) is 3. The molecule has 0 bridgehead atoms. The first-order chi connectivity index (χ1) is 7.46. The lowest BCUT2D eigenvalue weighted by Gasteiger charge is -2.19. The number of aromatic nitrogens is 3. The van der Waals surface area contributed by atoms with E-state index in [1.807, 2.05) is 37.5 Å². The van der Waals surface area contributed by atoms with Crippen LogP contribution in [-0.2, 0) is 0 Å². The van der Waals surface area contributed by atoms with E-state index in [1.54, 1.807) is 6.20 Å². The van der Waals surface area contributed by atoms with Gasteiger partial charge in [0.25, 0.3) is 0 Å². The smallest absolute Gasteiger partial charge is 0.152 e. The molecular weight excluding hydrogens is 202 g/mol. The Labute approximate surface area is 94.7 Å². The molecule has 3 N–H and O–H groups in total. The summed E-state index contributed by atoms with van der Waals surface area (Å²) in [6, 6.07) is 2.00. The van der Waals surface area contributed by atoms with Gasteiger partial charge in [0, 0.05) is 24.5 Å². The third kappa shape index (κ3) is 2.30. The normalized spacial score (nSPS) is 12.0. The topological polar surface area (TPSA) is 68.2 Å². The Hall–Kier alpha value is -1.62. The average Bonchev–Trinajstić information content (AvgIpc) is 2.54. The number of fused-ring (bicyclic) bond motifs is 1. The molecule has 0 unspecified atom stereocenters. The van der Waals surface area contributed by atoms with E-state index in [2.05, 4.69) is 15.4 Å². The molecule has 5 heteroatoms. The molecule has 0 amide bonds. The van der Waals surface area contributed by atoms with Crippen molar-refractivity contribution in [1.82, 2.24) is 14.6 Å². The Morgan fingerprint density at radius 1 is 1.50 bits per heavy atom. The van der Waals surface area contributed by atoms with Gasteiger partial charge in [-0.3, -0.25) is 0 Å². The van der Waals surface area contributed by atoms with Crippen molar-refractivity contribution in [3.8, 4) is 0 Å². The lowest BCUT2D eigenvalue weighted by atomic mass is 10.1. The molecule has 0 aliphatic heterocycles. The molecule has 0 aliphatic carbocycles. The van der Waals surface area contributed by atoms with Gasteiger partial charge in [0.15, 0.2) is 5.82 Å². The Morgan fingerprint density at radius 2 is 2.25 bits per heavy atom. The minimum Gasteiger partial charge on any atom is -0.366 e. The summed E-state index contributed by atoms with van der Waals surface area (Å²) in [5.41, 5.74) is 7.61. The number of rotatable bonds is 3. The van der Waals surface area contributed by atoms with Gasteiger partial charge in [-0.2, -0.15) is 5.10 Å². The summed E-state index contributed by atoms with van der Waals surface area (Å²) in [6.45, 7) is 6.58. The standard InChI is InChI=1S/C11H17N5/c1-8-6-9-10(14-7-11(2,3)12)13-4-5-16(9)15-8/h4-6H,7,12H2,1-3H3,(H,13,14). The predicted octanol–water partition coefficient (Wildman–Crippen LogP) is 1.19. The second-order valence-corrected chi connectivity index (χ2v) is 4.73. The van der Waals surface area contributed by atoms with Crippen molar-refractivity contribution in [1.29, 1.82) is 0 Å². The van der Waals surface area contributed by atoms with Crippen LogP contribution in [-0.4, -0.2) is 26.7 Å². The number of nitrogens with two attached hydrogens (primary N) is 1. The first-order valence-electron chi connectivity index (χ1n) is 5.29. The van der Waals surface area contributed by atoms with Crippen molar-refractivity contribution in [2.45, 2.75) is 26.3 Å². The second-order valence-electron chi connectivity index (χ2n) is 4.73. The molecule has 0 aliphatic rings. The van der Waals surface area contributed by atoms with Gasteiger partial charge in [-0.05, 0) is 26.8 Å². The van der Waals surface area contributed by atoms with Gasteiger partial charge < -0.3 is 11.1 Å². The van der Waals surface area contributed by atoms with E-state index in [0.29, 0.717) is 6.54 Å². The van der Waals surface area contributed by atoms with E-state index < -0.39 is 0 Å². The van der Waals surface area contributed by atoms with Gasteiger partial charge >= 0.3 is 0 Å². The predicted molar refractivity (Wildman–Crippen MR) is 64.5 cm³/mol. The lowest BCUT2D eigenvalue weighted by Crippen LogP contribution is -2.39. The minimum atomic E-state index is -0.260. The molecule has 0 aromatic carbocycles. The number of anilines is 1. The molecule has 5 nitrogen and oxygen atoms in total. The number of aryl methyl sites for hydroxylation is 1. The Kier molecular flexibility index (Phi) is 2.55. The van der Waals surface area contributed by atoms with Crippen LogP contribution in [0.3, 0.4) is 0 Å². The van der Waals surface area contributed by atoms with Gasteiger partial charge in [-0.15, -0.1) is 0 Å². The molecule has 0 radical (unpaired) electrons. The molecule has 0 fully saturated rings. The van der Waals surface area contributed by atoms with Gasteiger partial charge in [0.1, 0.15) is 5.52 Å². The molecule has 2 aromatic rings. The van der Waals surface area contributed by atoms with Crippen LogP contribution in [0.4, 0.5) is 5.82 Å². The Bertz CT molecular complexity index is 495. The summed E-state index contributed by atoms with van der Waals surface area (Å²) in [4.78, 5) is 4.30. The maximum Gasteiger partial charge on any atom is 0.152 e. The van der Waals surface area contributed by atoms with E-state index in [4.69, 9.17) is 5.73 Å². The Morgan fingerprint density at radius 3 is 2.94 bits per heavy atom. The zero-order chi connectivity index (χ0) is 11.8. The first kappa shape index (κ1) is 10.9. The highest BCUT2D eigenvalue weighted by atomic mass is 15.2. The summed E-state index contributed by atoms with van der Waals surface area (Å²) in [7, 11) is 0. The summed E-state index contributed by atoms with van der Waals surface area (Å²) in [6.07, 6.45) is 3.56. The fourth-order valence-corrected chi connectivity index (χ4v) is 1.49. The summed E-state index contributed by atoms with van der Waals surface area (Å²) >= 11 is 0. The molecule has 86 valence electrons. The summed E-state index contributed by atoms with van der Waals surface area (Å²) < 4.78 is 1.81. The van der Waals surface area contributed by atoms with Crippen molar-refractivity contribution in [2.24, 2.45) is 5.73 Å². The van der Waals surface area contributed by atoms with Gasteiger partial charge in [-0.25, -0.2) is 9.50 Å². The highest BCUT2D eigenvalue weighted by Gasteiger charge is 2.12. The van der Waals surface area contributed by atoms with Crippen LogP contribution in [0.5, 0.6) is 0 Å². The van der Waals surface area contributed by atoms with Gasteiger partial charge in [-0.1, -0.05) is 0 Å². The minimum absolute atomic E-state index is 0.260. The summed E-state index contributed by atoms with van der Waals surface area (Å²) in [5.74, 6) is 0.821. The van der Waals surface area contributed by atoms with E-state index in [1.165, 1.54) is 0 Å². The monoisotopic (exact) mass is 219 g/mol. The van der Waals surface area contributed by atoms with Crippen molar-refractivity contribution in [3.63, 3.8) is 0 Å². The van der Waals surface area contributed by atoms with Crippen LogP contribution < -0.4 is 11.1 Å². The summed E-state index contributed by atoms with van der Waals surface area (Å²) in [5, 5.41) is 7.57. The van der Waals surface area contributed by atoms with Crippen LogP contribution in [0.2, 0.25) is 0 Å². The van der Waals surface area contributed by atoms with E-state index >= 15 is 0 Å². The third-order valence-electron chi connectivity index (χ3n) is 2.22. The average molecular weight is 219 g/mol. The van der Waals surface area contributed by atoms with Crippen molar-refractivity contribution >= 4 is 11.3 Å². The first-order valence-corrected chi connectivity index (χ1v) is 5.29. The quantitative estimate of drug-likeness (QED) is 0.813. The lowest BCUT2D eigenvalue weighted by molar-refractivity contribution is 0.548. The SMILES string of the molecule is Cc1cc2c(NCC(C)(C)N)nccn2n1. The maximum atomic E-state index is 5.92. The third-order valence-corrected chi connectivity index (χ3v) is 2.22. The van der Waals surface area contributed by atoms with Crippen LogP contribution in [0.25, 0.3) is 5.52 Å². The fraction of sp³-hybridized carbons (Fsp3) is 0.455. The van der Waals surface area contributed by atoms with Crippen LogP contribution >= 0.6 is 0 Å². The van der Waals surface area contributed by atoms with Gasteiger partial charge in [0.2, 0.25) is 0 Å². The van der Waals surface area contributed by atoms with Gasteiger partial charge in [0.05, 0.1) is 5.69 Å². The van der Waals surface area contributed by atoms with E-state index in [-0.39, 0.29) is 5.54 Å². The molecular formula is C11H17N5. The number of hydrogen-bond acceptors (Lipinski definition) is 4. The molecule has 0 atom stereocenters. The zero-order valence-corrected chi connectivity index (χ0v) is 9.86. The highest BCUT2D eigenvalue weighted by Crippen LogP contribution is 2.15. The van der Waals surface area contributed by atoms with Crippen LogP contribution in [0.1, 0.15) is 19.5 Å².